The summed E-state index contributed by atoms with van der Waals surface area (Å²) in [6.45, 7) is 2.04. The molecule has 3 aromatic rings. The molecule has 2 amide bonds. The Balaban J connectivity index is 1.49. The van der Waals surface area contributed by atoms with Gasteiger partial charge in [0.25, 0.3) is 0 Å². The number of aromatic nitrogens is 3. The number of hydrogen-bond donors (Lipinski definition) is 2. The quantitative estimate of drug-likeness (QED) is 0.540. The fourth-order valence-electron chi connectivity index (χ4n) is 2.69. The molecule has 0 aliphatic carbocycles. The molecule has 0 aliphatic heterocycles. The summed E-state index contributed by atoms with van der Waals surface area (Å²) in [7, 11) is 1.77. The normalized spacial score (nSPS) is 10.6. The SMILES string of the molecule is Cc1ccc(F)cc1NC(=O)CSc1nnc(CNC(=O)Cc2ccccc2)n1C. The number of carbonyl (C=O) groups is 2. The van der Waals surface area contributed by atoms with Gasteiger partial charge >= 0.3 is 0 Å². The summed E-state index contributed by atoms with van der Waals surface area (Å²) < 4.78 is 15.1. The van der Waals surface area contributed by atoms with Gasteiger partial charge in [0, 0.05) is 12.7 Å². The summed E-state index contributed by atoms with van der Waals surface area (Å²) >= 11 is 1.21. The summed E-state index contributed by atoms with van der Waals surface area (Å²) in [4.78, 5) is 24.3. The van der Waals surface area contributed by atoms with E-state index in [1.165, 1.54) is 23.9 Å². The molecule has 156 valence electrons. The highest BCUT2D eigenvalue weighted by Gasteiger charge is 2.13. The van der Waals surface area contributed by atoms with Crippen LogP contribution in [0.3, 0.4) is 0 Å². The lowest BCUT2D eigenvalue weighted by Crippen LogP contribution is -2.26. The van der Waals surface area contributed by atoms with Crippen LogP contribution in [0.25, 0.3) is 0 Å². The number of benzene rings is 2. The molecule has 3 rings (SSSR count). The van der Waals surface area contributed by atoms with Gasteiger partial charge < -0.3 is 15.2 Å². The van der Waals surface area contributed by atoms with E-state index in [0.717, 1.165) is 11.1 Å². The van der Waals surface area contributed by atoms with E-state index in [1.807, 2.05) is 30.3 Å². The molecule has 0 unspecified atom stereocenters. The van der Waals surface area contributed by atoms with Gasteiger partial charge in [0.05, 0.1) is 18.7 Å². The predicted molar refractivity (Wildman–Crippen MR) is 113 cm³/mol. The molecule has 0 bridgehead atoms. The van der Waals surface area contributed by atoms with Crippen molar-refractivity contribution in [1.82, 2.24) is 20.1 Å². The molecule has 0 radical (unpaired) electrons. The lowest BCUT2D eigenvalue weighted by Gasteiger charge is -2.08. The summed E-state index contributed by atoms with van der Waals surface area (Å²) in [6.07, 6.45) is 0.292. The van der Waals surface area contributed by atoms with Crippen LogP contribution in [-0.4, -0.2) is 32.3 Å². The summed E-state index contributed by atoms with van der Waals surface area (Å²) in [6, 6.07) is 13.7. The maximum atomic E-state index is 13.3. The average molecular weight is 428 g/mol. The van der Waals surface area contributed by atoms with Gasteiger partial charge in [0.15, 0.2) is 11.0 Å². The Morgan fingerprint density at radius 1 is 1.10 bits per heavy atom. The molecule has 0 fully saturated rings. The molecule has 1 heterocycles. The maximum Gasteiger partial charge on any atom is 0.234 e. The highest BCUT2D eigenvalue weighted by Crippen LogP contribution is 2.19. The van der Waals surface area contributed by atoms with Crippen LogP contribution in [-0.2, 0) is 29.6 Å². The lowest BCUT2D eigenvalue weighted by atomic mass is 10.1. The van der Waals surface area contributed by atoms with Gasteiger partial charge in [0.1, 0.15) is 5.82 Å². The third-order valence-electron chi connectivity index (χ3n) is 4.38. The smallest absolute Gasteiger partial charge is 0.234 e. The van der Waals surface area contributed by atoms with Crippen molar-refractivity contribution in [1.29, 1.82) is 0 Å². The number of hydrogen-bond acceptors (Lipinski definition) is 5. The van der Waals surface area contributed by atoms with Crippen LogP contribution in [0.4, 0.5) is 10.1 Å². The van der Waals surface area contributed by atoms with E-state index in [-0.39, 0.29) is 24.1 Å². The zero-order valence-electron chi connectivity index (χ0n) is 16.7. The number of nitrogens with one attached hydrogen (secondary N) is 2. The number of anilines is 1. The molecule has 9 heteroatoms. The van der Waals surface area contributed by atoms with Gasteiger partial charge in [-0.15, -0.1) is 10.2 Å². The first kappa shape index (κ1) is 21.5. The van der Waals surface area contributed by atoms with Crippen molar-refractivity contribution < 1.29 is 14.0 Å². The second kappa shape index (κ2) is 10.0. The second-order valence-corrected chi connectivity index (χ2v) is 7.64. The Morgan fingerprint density at radius 3 is 2.63 bits per heavy atom. The first-order chi connectivity index (χ1) is 14.4. The summed E-state index contributed by atoms with van der Waals surface area (Å²) in [5.41, 5.74) is 2.16. The van der Waals surface area contributed by atoms with Crippen molar-refractivity contribution in [2.24, 2.45) is 7.05 Å². The Hall–Kier alpha value is -3.20. The highest BCUT2D eigenvalue weighted by atomic mass is 32.2. The van der Waals surface area contributed by atoms with Crippen molar-refractivity contribution in [3.05, 3.63) is 71.3 Å². The maximum absolute atomic E-state index is 13.3. The van der Waals surface area contributed by atoms with Crippen LogP contribution in [0, 0.1) is 12.7 Å². The summed E-state index contributed by atoms with van der Waals surface area (Å²) in [5, 5.41) is 14.2. The molecule has 2 aromatic carbocycles. The molecule has 0 saturated carbocycles. The van der Waals surface area contributed by atoms with E-state index < -0.39 is 5.82 Å². The third kappa shape index (κ3) is 5.90. The number of carbonyl (C=O) groups excluding carboxylic acids is 2. The zero-order chi connectivity index (χ0) is 21.5. The second-order valence-electron chi connectivity index (χ2n) is 6.69. The van der Waals surface area contributed by atoms with Crippen LogP contribution in [0.2, 0.25) is 0 Å². The Kier molecular flexibility index (Phi) is 7.18. The van der Waals surface area contributed by atoms with Gasteiger partial charge in [-0.05, 0) is 30.2 Å². The van der Waals surface area contributed by atoms with Gasteiger partial charge in [-0.1, -0.05) is 48.2 Å². The average Bonchev–Trinajstić information content (AvgIpc) is 3.08. The van der Waals surface area contributed by atoms with Crippen molar-refractivity contribution in [2.45, 2.75) is 25.0 Å². The fraction of sp³-hybridized carbons (Fsp3) is 0.238. The highest BCUT2D eigenvalue weighted by molar-refractivity contribution is 7.99. The molecule has 0 aliphatic rings. The minimum atomic E-state index is -0.407. The predicted octanol–water partition coefficient (Wildman–Crippen LogP) is 2.85. The number of nitrogens with zero attached hydrogens (tertiary/aromatic N) is 3. The topological polar surface area (TPSA) is 88.9 Å². The Labute approximate surface area is 178 Å². The molecule has 1 aromatic heterocycles. The number of rotatable bonds is 8. The van der Waals surface area contributed by atoms with E-state index >= 15 is 0 Å². The first-order valence-electron chi connectivity index (χ1n) is 9.30. The Morgan fingerprint density at radius 2 is 1.87 bits per heavy atom. The number of amides is 2. The van der Waals surface area contributed by atoms with Crippen LogP contribution >= 0.6 is 11.8 Å². The van der Waals surface area contributed by atoms with Crippen molar-refractivity contribution >= 4 is 29.3 Å². The molecule has 0 spiro atoms. The van der Waals surface area contributed by atoms with E-state index in [4.69, 9.17) is 0 Å². The molecule has 2 N–H and O–H groups in total. The van der Waals surface area contributed by atoms with Crippen molar-refractivity contribution in [2.75, 3.05) is 11.1 Å². The van der Waals surface area contributed by atoms with Crippen LogP contribution < -0.4 is 10.6 Å². The summed E-state index contributed by atoms with van der Waals surface area (Å²) in [5.74, 6) is -0.101. The largest absolute Gasteiger partial charge is 0.349 e. The van der Waals surface area contributed by atoms with Crippen LogP contribution in [0.5, 0.6) is 0 Å². The van der Waals surface area contributed by atoms with E-state index in [9.17, 15) is 14.0 Å². The monoisotopic (exact) mass is 427 g/mol. The van der Waals surface area contributed by atoms with E-state index in [0.29, 0.717) is 23.1 Å². The third-order valence-corrected chi connectivity index (χ3v) is 5.40. The molecule has 0 atom stereocenters. The van der Waals surface area contributed by atoms with E-state index in [1.54, 1.807) is 24.6 Å². The Bertz CT molecular complexity index is 1040. The minimum Gasteiger partial charge on any atom is -0.349 e. The van der Waals surface area contributed by atoms with Crippen LogP contribution in [0.15, 0.2) is 53.7 Å². The molecule has 7 nitrogen and oxygen atoms in total. The van der Waals surface area contributed by atoms with Gasteiger partial charge in [0.2, 0.25) is 11.8 Å². The van der Waals surface area contributed by atoms with Crippen LogP contribution in [0.1, 0.15) is 17.0 Å². The molecular weight excluding hydrogens is 405 g/mol. The number of halogens is 1. The van der Waals surface area contributed by atoms with Crippen molar-refractivity contribution in [3.63, 3.8) is 0 Å². The van der Waals surface area contributed by atoms with Gasteiger partial charge in [-0.25, -0.2) is 4.39 Å². The van der Waals surface area contributed by atoms with Gasteiger partial charge in [-0.3, -0.25) is 9.59 Å². The molecule has 30 heavy (non-hydrogen) atoms. The van der Waals surface area contributed by atoms with Crippen molar-refractivity contribution in [3.8, 4) is 0 Å². The number of thioether (sulfide) groups is 1. The minimum absolute atomic E-state index is 0.0995. The zero-order valence-corrected chi connectivity index (χ0v) is 17.5. The number of aryl methyl sites for hydroxylation is 1. The first-order valence-corrected chi connectivity index (χ1v) is 10.3. The van der Waals surface area contributed by atoms with E-state index in [2.05, 4.69) is 20.8 Å². The van der Waals surface area contributed by atoms with Gasteiger partial charge in [-0.2, -0.15) is 0 Å². The fourth-order valence-corrected chi connectivity index (χ4v) is 3.42. The standard InChI is InChI=1S/C21H22FN5O2S/c1-14-8-9-16(22)11-17(14)24-20(29)13-30-21-26-25-18(27(21)2)12-23-19(28)10-15-6-4-3-5-7-15/h3-9,11H,10,12-13H2,1-2H3,(H,23,28)(H,24,29). The molecular formula is C21H22FN5O2S. The lowest BCUT2D eigenvalue weighted by molar-refractivity contribution is -0.120. The molecule has 0 saturated heterocycles.